The topological polar surface area (TPSA) is 118 Å². The molecule has 0 radical (unpaired) electrons. The van der Waals surface area contributed by atoms with Gasteiger partial charge in [0.05, 0.1) is 11.9 Å². The summed E-state index contributed by atoms with van der Waals surface area (Å²) in [5.74, 6) is 0.0810. The lowest BCUT2D eigenvalue weighted by atomic mass is 9.96. The van der Waals surface area contributed by atoms with Gasteiger partial charge in [0.25, 0.3) is 11.8 Å². The van der Waals surface area contributed by atoms with E-state index in [9.17, 15) is 9.59 Å². The third-order valence-electron chi connectivity index (χ3n) is 7.75. The number of aliphatic imine (C=N–C) groups is 1. The monoisotopic (exact) mass is 526 g/mol. The molecule has 0 spiro atoms. The molecule has 1 aliphatic carbocycles. The van der Waals surface area contributed by atoms with E-state index in [0.717, 1.165) is 55.7 Å². The predicted octanol–water partition coefficient (Wildman–Crippen LogP) is 3.32. The van der Waals surface area contributed by atoms with Gasteiger partial charge in [-0.15, -0.1) is 0 Å². The molecule has 202 valence electrons. The summed E-state index contributed by atoms with van der Waals surface area (Å²) in [6.07, 6.45) is 11.0. The largest absolute Gasteiger partial charge is 0.369 e. The van der Waals surface area contributed by atoms with Gasteiger partial charge >= 0.3 is 0 Å². The van der Waals surface area contributed by atoms with Crippen molar-refractivity contribution >= 4 is 46.3 Å². The lowest BCUT2D eigenvalue weighted by Crippen LogP contribution is -2.44. The number of carbonyl (C=O) groups excluding carboxylic acids is 2. The number of aromatic amines is 1. The molecule has 3 aromatic rings. The molecular formula is C29H34N8O2. The maximum Gasteiger partial charge on any atom is 0.276 e. The summed E-state index contributed by atoms with van der Waals surface area (Å²) in [5.41, 5.74) is 4.07. The van der Waals surface area contributed by atoms with E-state index in [4.69, 9.17) is 0 Å². The number of fused-ring (bicyclic) bond motifs is 1. The van der Waals surface area contributed by atoms with Gasteiger partial charge in [0.1, 0.15) is 11.3 Å². The minimum atomic E-state index is -0.236. The molecule has 10 nitrogen and oxygen atoms in total. The molecular weight excluding hydrogens is 492 g/mol. The van der Waals surface area contributed by atoms with Gasteiger partial charge in [-0.1, -0.05) is 19.3 Å². The zero-order valence-corrected chi connectivity index (χ0v) is 22.2. The standard InChI is InChI=1S/C29H34N8O2/c1-36-11-13-37(14-12-36)23-9-7-19(8-10-23)27(38)32-22-16-24-20(17-30-26(24)31-18-22)15-25-28(39)35-29(34-25)33-21-5-3-2-4-6-21/h7-10,15-18,21H,2-6,11-14H2,1H3,(H,30,31)(H,32,38)(H2,33,34,35,39). The van der Waals surface area contributed by atoms with E-state index in [-0.39, 0.29) is 11.8 Å². The summed E-state index contributed by atoms with van der Waals surface area (Å²) < 4.78 is 0. The Hall–Kier alpha value is -4.18. The number of hydrogen-bond acceptors (Lipinski definition) is 7. The Morgan fingerprint density at radius 3 is 2.62 bits per heavy atom. The Morgan fingerprint density at radius 2 is 1.85 bits per heavy atom. The van der Waals surface area contributed by atoms with Crippen LogP contribution in [0.1, 0.15) is 48.0 Å². The van der Waals surface area contributed by atoms with Crippen molar-refractivity contribution in [2.24, 2.45) is 4.99 Å². The first-order chi connectivity index (χ1) is 19.0. The van der Waals surface area contributed by atoms with Crippen LogP contribution in [-0.2, 0) is 4.79 Å². The van der Waals surface area contributed by atoms with Crippen molar-refractivity contribution < 1.29 is 9.59 Å². The highest BCUT2D eigenvalue weighted by atomic mass is 16.2. The Bertz CT molecular complexity index is 1430. The number of nitrogens with one attached hydrogen (secondary N) is 4. The van der Waals surface area contributed by atoms with Gasteiger partial charge in [0, 0.05) is 60.6 Å². The SMILES string of the molecule is CN1CCN(c2ccc(C(=O)Nc3cnc4[nH]cc(C=C5N=C(NC6CCCCC6)NC5=O)c4c3)cc2)CC1. The number of guanidine groups is 1. The average Bonchev–Trinajstić information content (AvgIpc) is 3.51. The predicted molar refractivity (Wildman–Crippen MR) is 154 cm³/mol. The third-order valence-corrected chi connectivity index (χ3v) is 7.75. The Kier molecular flexibility index (Phi) is 7.02. The Balaban J connectivity index is 1.15. The molecule has 2 amide bonds. The van der Waals surface area contributed by atoms with Crippen LogP contribution >= 0.6 is 0 Å². The molecule has 0 bridgehead atoms. The number of nitrogens with zero attached hydrogens (tertiary/aromatic N) is 4. The van der Waals surface area contributed by atoms with E-state index in [2.05, 4.69) is 47.8 Å². The van der Waals surface area contributed by atoms with E-state index < -0.39 is 0 Å². The minimum Gasteiger partial charge on any atom is -0.369 e. The first-order valence-electron chi connectivity index (χ1n) is 13.7. The van der Waals surface area contributed by atoms with Crippen LogP contribution in [0, 0.1) is 0 Å². The second-order valence-electron chi connectivity index (χ2n) is 10.6. The molecule has 3 aliphatic rings. The van der Waals surface area contributed by atoms with Crippen LogP contribution < -0.4 is 20.9 Å². The summed E-state index contributed by atoms with van der Waals surface area (Å²) in [6.45, 7) is 4.03. The number of aromatic nitrogens is 2. The molecule has 6 rings (SSSR count). The fourth-order valence-electron chi connectivity index (χ4n) is 5.43. The van der Waals surface area contributed by atoms with Gasteiger partial charge in [-0.3, -0.25) is 14.9 Å². The number of carbonyl (C=O) groups is 2. The fourth-order valence-corrected chi connectivity index (χ4v) is 5.43. The Morgan fingerprint density at radius 1 is 1.08 bits per heavy atom. The van der Waals surface area contributed by atoms with Crippen molar-refractivity contribution in [1.82, 2.24) is 25.5 Å². The van der Waals surface area contributed by atoms with Gasteiger partial charge in [-0.2, -0.15) is 0 Å². The number of pyridine rings is 1. The molecule has 0 unspecified atom stereocenters. The molecule has 1 aromatic carbocycles. The molecule has 2 aliphatic heterocycles. The molecule has 39 heavy (non-hydrogen) atoms. The van der Waals surface area contributed by atoms with Crippen molar-refractivity contribution in [3.63, 3.8) is 0 Å². The number of amides is 2. The molecule has 10 heteroatoms. The van der Waals surface area contributed by atoms with Crippen molar-refractivity contribution in [2.45, 2.75) is 38.1 Å². The van der Waals surface area contributed by atoms with Crippen LogP contribution in [0.3, 0.4) is 0 Å². The fraction of sp³-hybridized carbons (Fsp3) is 0.379. The van der Waals surface area contributed by atoms with Crippen molar-refractivity contribution in [1.29, 1.82) is 0 Å². The van der Waals surface area contributed by atoms with Crippen LogP contribution in [0.15, 0.2) is 53.4 Å². The van der Waals surface area contributed by atoms with E-state index in [1.54, 1.807) is 18.5 Å². The summed E-state index contributed by atoms with van der Waals surface area (Å²) in [7, 11) is 2.13. The highest BCUT2D eigenvalue weighted by Crippen LogP contribution is 2.25. The molecule has 1 saturated heterocycles. The number of anilines is 2. The summed E-state index contributed by atoms with van der Waals surface area (Å²) in [4.78, 5) is 42.3. The second-order valence-corrected chi connectivity index (χ2v) is 10.6. The maximum absolute atomic E-state index is 13.0. The summed E-state index contributed by atoms with van der Waals surface area (Å²) in [5, 5.41) is 9.96. The van der Waals surface area contributed by atoms with Crippen LogP contribution in [0.2, 0.25) is 0 Å². The first kappa shape index (κ1) is 25.1. The zero-order chi connectivity index (χ0) is 26.8. The van der Waals surface area contributed by atoms with E-state index in [1.807, 2.05) is 30.3 Å². The quantitative estimate of drug-likeness (QED) is 0.379. The van der Waals surface area contributed by atoms with Crippen molar-refractivity contribution in [3.8, 4) is 0 Å². The van der Waals surface area contributed by atoms with Crippen molar-refractivity contribution in [3.05, 3.63) is 59.5 Å². The van der Waals surface area contributed by atoms with Crippen LogP contribution in [-0.4, -0.2) is 71.9 Å². The highest BCUT2D eigenvalue weighted by molar-refractivity contribution is 6.14. The van der Waals surface area contributed by atoms with E-state index >= 15 is 0 Å². The number of rotatable bonds is 5. The number of likely N-dealkylation sites (N-methyl/N-ethyl adjacent to an activating group) is 1. The van der Waals surface area contributed by atoms with Crippen molar-refractivity contribution in [2.75, 3.05) is 43.4 Å². The molecule has 1 saturated carbocycles. The van der Waals surface area contributed by atoms with Gasteiger partial charge in [0.2, 0.25) is 5.96 Å². The molecule has 2 aromatic heterocycles. The van der Waals surface area contributed by atoms with Crippen LogP contribution in [0.25, 0.3) is 17.1 Å². The average molecular weight is 527 g/mol. The van der Waals surface area contributed by atoms with Crippen LogP contribution in [0.5, 0.6) is 0 Å². The molecule has 4 N–H and O–H groups in total. The van der Waals surface area contributed by atoms with E-state index in [0.29, 0.717) is 34.6 Å². The first-order valence-corrected chi connectivity index (χ1v) is 13.7. The minimum absolute atomic E-state index is 0.199. The van der Waals surface area contributed by atoms with Gasteiger partial charge in [-0.25, -0.2) is 9.98 Å². The highest BCUT2D eigenvalue weighted by Gasteiger charge is 2.23. The van der Waals surface area contributed by atoms with Crippen LogP contribution in [0.4, 0.5) is 11.4 Å². The second kappa shape index (κ2) is 10.9. The molecule has 4 heterocycles. The number of H-pyrrole nitrogens is 1. The van der Waals surface area contributed by atoms with Gasteiger partial charge in [-0.05, 0) is 56.3 Å². The lowest BCUT2D eigenvalue weighted by Gasteiger charge is -2.34. The number of benzene rings is 1. The van der Waals surface area contributed by atoms with Gasteiger partial charge < -0.3 is 25.4 Å². The summed E-state index contributed by atoms with van der Waals surface area (Å²) >= 11 is 0. The maximum atomic E-state index is 13.0. The Labute approximate surface area is 227 Å². The van der Waals surface area contributed by atoms with Gasteiger partial charge in [0.15, 0.2) is 0 Å². The third kappa shape index (κ3) is 5.65. The zero-order valence-electron chi connectivity index (χ0n) is 22.2. The molecule has 0 atom stereocenters. The van der Waals surface area contributed by atoms with E-state index in [1.165, 1.54) is 19.3 Å². The molecule has 2 fully saturated rings. The number of piperazine rings is 1. The smallest absolute Gasteiger partial charge is 0.276 e. The number of hydrogen-bond donors (Lipinski definition) is 4. The normalized spacial score (nSPS) is 19.8. The summed E-state index contributed by atoms with van der Waals surface area (Å²) in [6, 6.07) is 9.93. The lowest BCUT2D eigenvalue weighted by molar-refractivity contribution is -0.115.